The van der Waals surface area contributed by atoms with Gasteiger partial charge in [-0.25, -0.2) is 9.78 Å². The number of benzene rings is 2. The molecule has 1 unspecified atom stereocenters. The lowest BCUT2D eigenvalue weighted by atomic mass is 10.1. The van der Waals surface area contributed by atoms with E-state index in [0.29, 0.717) is 10.5 Å². The Morgan fingerprint density at radius 1 is 1.13 bits per heavy atom. The molecule has 0 aliphatic carbocycles. The lowest BCUT2D eigenvalue weighted by molar-refractivity contribution is 0.0463. The van der Waals surface area contributed by atoms with Crippen LogP contribution in [0.5, 0.6) is 0 Å². The molecule has 9 heteroatoms. The van der Waals surface area contributed by atoms with Gasteiger partial charge in [-0.2, -0.15) is 8.78 Å². The molecule has 1 aliphatic rings. The average molecular weight is 431 g/mol. The number of rotatable bonds is 4. The van der Waals surface area contributed by atoms with E-state index < -0.39 is 46.3 Å². The number of amides is 1. The van der Waals surface area contributed by atoms with Crippen LogP contribution < -0.4 is 4.90 Å². The smallest absolute Gasteiger partial charge is 0.359 e. The second-order valence-electron chi connectivity index (χ2n) is 6.43. The van der Waals surface area contributed by atoms with Crippen LogP contribution in [0.3, 0.4) is 0 Å². The number of hydrogen-bond donors (Lipinski definition) is 1. The Labute approximate surface area is 174 Å². The van der Waals surface area contributed by atoms with E-state index in [1.807, 2.05) is 0 Å². The zero-order valence-electron chi connectivity index (χ0n) is 15.2. The van der Waals surface area contributed by atoms with Gasteiger partial charge in [0.25, 0.3) is 11.9 Å². The van der Waals surface area contributed by atoms with Gasteiger partial charge >= 0.3 is 5.97 Å². The number of hydrogen-bond acceptors (Lipinski definition) is 5. The highest BCUT2D eigenvalue weighted by Gasteiger charge is 2.41. The highest BCUT2D eigenvalue weighted by molar-refractivity contribution is 6.36. The Bertz CT molecular complexity index is 1160. The van der Waals surface area contributed by atoms with Gasteiger partial charge in [-0.15, -0.1) is 0 Å². The second-order valence-corrected chi connectivity index (χ2v) is 6.80. The van der Waals surface area contributed by atoms with Crippen molar-refractivity contribution < 1.29 is 28.2 Å². The van der Waals surface area contributed by atoms with Crippen molar-refractivity contribution in [2.24, 2.45) is 0 Å². The van der Waals surface area contributed by atoms with Crippen LogP contribution in [0.15, 0.2) is 54.6 Å². The summed E-state index contributed by atoms with van der Waals surface area (Å²) < 4.78 is 33.9. The number of carbonyl (C=O) groups excluding carboxylic acids is 2. The largest absolute Gasteiger partial charge is 0.456 e. The molecule has 6 nitrogen and oxygen atoms in total. The average Bonchev–Trinajstić information content (AvgIpc) is 3.01. The quantitative estimate of drug-likeness (QED) is 0.499. The van der Waals surface area contributed by atoms with Gasteiger partial charge in [0.1, 0.15) is 17.3 Å². The summed E-state index contributed by atoms with van der Waals surface area (Å²) in [6.45, 7) is -0.150. The lowest BCUT2D eigenvalue weighted by Gasteiger charge is -2.23. The van der Waals surface area contributed by atoms with Crippen LogP contribution in [0.25, 0.3) is 0 Å². The van der Waals surface area contributed by atoms with Crippen molar-refractivity contribution in [3.63, 3.8) is 0 Å². The summed E-state index contributed by atoms with van der Waals surface area (Å²) in [6, 6.07) is 14.7. The monoisotopic (exact) mass is 430 g/mol. The SMILES string of the molecule is O=C(OCc1ccccc1)c1nc(F)c(F)c(N2C(=O)c3ccccc3C2O)c1Cl. The van der Waals surface area contributed by atoms with Crippen molar-refractivity contribution in [2.45, 2.75) is 12.8 Å². The zero-order chi connectivity index (χ0) is 21.4. The molecule has 4 rings (SSSR count). The predicted molar refractivity (Wildman–Crippen MR) is 103 cm³/mol. The Hall–Kier alpha value is -3.36. The molecular weight excluding hydrogens is 418 g/mol. The van der Waals surface area contributed by atoms with E-state index >= 15 is 0 Å². The molecular formula is C21H13ClF2N2O4. The van der Waals surface area contributed by atoms with E-state index in [9.17, 15) is 23.5 Å². The molecule has 0 saturated heterocycles. The minimum atomic E-state index is -1.66. The number of nitrogens with zero attached hydrogens (tertiary/aromatic N) is 2. The molecule has 30 heavy (non-hydrogen) atoms. The number of carbonyl (C=O) groups is 2. The summed E-state index contributed by atoms with van der Waals surface area (Å²) in [5, 5.41) is 9.86. The third-order valence-corrected chi connectivity index (χ3v) is 4.95. The fourth-order valence-corrected chi connectivity index (χ4v) is 3.45. The number of pyridine rings is 1. The van der Waals surface area contributed by atoms with Crippen LogP contribution in [0.4, 0.5) is 14.5 Å². The third-order valence-electron chi connectivity index (χ3n) is 4.59. The normalized spacial score (nSPS) is 15.3. The first-order chi connectivity index (χ1) is 14.4. The number of halogens is 3. The molecule has 1 aromatic heterocycles. The van der Waals surface area contributed by atoms with E-state index in [1.165, 1.54) is 12.1 Å². The van der Waals surface area contributed by atoms with Crippen molar-refractivity contribution in [3.05, 3.63) is 93.8 Å². The molecule has 1 atom stereocenters. The molecule has 0 radical (unpaired) electrons. The van der Waals surface area contributed by atoms with Crippen LogP contribution in [-0.4, -0.2) is 22.0 Å². The number of esters is 1. The topological polar surface area (TPSA) is 79.7 Å². The van der Waals surface area contributed by atoms with E-state index in [4.69, 9.17) is 16.3 Å². The van der Waals surface area contributed by atoms with E-state index in [1.54, 1.807) is 42.5 Å². The highest BCUT2D eigenvalue weighted by atomic mass is 35.5. The predicted octanol–water partition coefficient (Wildman–Crippen LogP) is 4.02. The van der Waals surface area contributed by atoms with Crippen LogP contribution in [0.2, 0.25) is 5.02 Å². The summed E-state index contributed by atoms with van der Waals surface area (Å²) in [7, 11) is 0. The summed E-state index contributed by atoms with van der Waals surface area (Å²) in [6.07, 6.45) is -1.62. The fourth-order valence-electron chi connectivity index (χ4n) is 3.16. The molecule has 152 valence electrons. The molecule has 1 aliphatic heterocycles. The second kappa shape index (κ2) is 7.81. The van der Waals surface area contributed by atoms with Crippen molar-refractivity contribution in [2.75, 3.05) is 4.90 Å². The number of anilines is 1. The first-order valence-electron chi connectivity index (χ1n) is 8.76. The van der Waals surface area contributed by atoms with Crippen molar-refractivity contribution in [3.8, 4) is 0 Å². The van der Waals surface area contributed by atoms with Gasteiger partial charge in [0.15, 0.2) is 11.9 Å². The van der Waals surface area contributed by atoms with Crippen LogP contribution in [-0.2, 0) is 11.3 Å². The molecule has 0 bridgehead atoms. The maximum atomic E-state index is 14.6. The van der Waals surface area contributed by atoms with Crippen molar-refractivity contribution >= 4 is 29.2 Å². The zero-order valence-corrected chi connectivity index (χ0v) is 15.9. The minimum absolute atomic E-state index is 0.103. The number of aliphatic hydroxyl groups is 1. The fraction of sp³-hybridized carbons (Fsp3) is 0.0952. The maximum absolute atomic E-state index is 14.6. The van der Waals surface area contributed by atoms with Crippen molar-refractivity contribution in [1.29, 1.82) is 0 Å². The lowest BCUT2D eigenvalue weighted by Crippen LogP contribution is -2.30. The summed E-state index contributed by atoms with van der Waals surface area (Å²) in [5.41, 5.74) is -0.540. The number of aromatic nitrogens is 1. The molecule has 1 amide bonds. The van der Waals surface area contributed by atoms with Gasteiger partial charge in [0.2, 0.25) is 5.82 Å². The van der Waals surface area contributed by atoms with Gasteiger partial charge in [0.05, 0.1) is 0 Å². The Balaban J connectivity index is 1.71. The van der Waals surface area contributed by atoms with Gasteiger partial charge in [0, 0.05) is 11.1 Å². The number of ether oxygens (including phenoxy) is 1. The van der Waals surface area contributed by atoms with Gasteiger partial charge in [-0.1, -0.05) is 60.1 Å². The highest BCUT2D eigenvalue weighted by Crippen LogP contribution is 2.42. The van der Waals surface area contributed by atoms with Gasteiger partial charge in [-0.3, -0.25) is 9.69 Å². The van der Waals surface area contributed by atoms with E-state index in [2.05, 4.69) is 4.98 Å². The van der Waals surface area contributed by atoms with Crippen LogP contribution in [0, 0.1) is 11.8 Å². The minimum Gasteiger partial charge on any atom is -0.456 e. The Morgan fingerprint density at radius 3 is 2.50 bits per heavy atom. The number of fused-ring (bicyclic) bond motifs is 1. The molecule has 0 saturated carbocycles. The number of aliphatic hydroxyl groups excluding tert-OH is 1. The van der Waals surface area contributed by atoms with Crippen LogP contribution >= 0.6 is 11.6 Å². The van der Waals surface area contributed by atoms with Crippen LogP contribution in [0.1, 0.15) is 38.2 Å². The Kier molecular flexibility index (Phi) is 5.19. The summed E-state index contributed by atoms with van der Waals surface area (Å²) in [4.78, 5) is 29.0. The maximum Gasteiger partial charge on any atom is 0.359 e. The molecule has 2 aromatic carbocycles. The van der Waals surface area contributed by atoms with Gasteiger partial charge in [-0.05, 0) is 11.6 Å². The van der Waals surface area contributed by atoms with Crippen molar-refractivity contribution in [1.82, 2.24) is 4.98 Å². The Morgan fingerprint density at radius 2 is 1.80 bits per heavy atom. The first-order valence-corrected chi connectivity index (χ1v) is 9.14. The standard InChI is InChI=1S/C21H13ClF2N2O4/c22-14-16(21(29)30-10-11-6-2-1-3-7-11)25-18(24)15(23)17(14)26-19(27)12-8-4-5-9-13(12)20(26)28/h1-9,19,27H,10H2. The molecule has 3 aromatic rings. The molecule has 2 heterocycles. The third kappa shape index (κ3) is 3.30. The summed E-state index contributed by atoms with van der Waals surface area (Å²) in [5.74, 6) is -5.13. The molecule has 0 spiro atoms. The molecule has 0 fully saturated rings. The molecule has 1 N–H and O–H groups in total. The van der Waals surface area contributed by atoms with Gasteiger partial charge < -0.3 is 9.84 Å². The summed E-state index contributed by atoms with van der Waals surface area (Å²) >= 11 is 6.14. The van der Waals surface area contributed by atoms with E-state index in [-0.39, 0.29) is 17.7 Å². The first kappa shape index (κ1) is 19.9. The van der Waals surface area contributed by atoms with E-state index in [0.717, 1.165) is 0 Å².